The zero-order valence-electron chi connectivity index (χ0n) is 14.5. The van der Waals surface area contributed by atoms with Crippen molar-refractivity contribution in [3.05, 3.63) is 0 Å². The Kier molecular flexibility index (Phi) is 4.70. The van der Waals surface area contributed by atoms with Gasteiger partial charge in [0.1, 0.15) is 6.10 Å². The number of carbonyl (C=O) groups is 2. The summed E-state index contributed by atoms with van der Waals surface area (Å²) >= 11 is 0. The number of esters is 1. The Balaban J connectivity index is 1.71. The van der Waals surface area contributed by atoms with Gasteiger partial charge in [0.25, 0.3) is 0 Å². The van der Waals surface area contributed by atoms with Crippen LogP contribution in [0.15, 0.2) is 0 Å². The highest BCUT2D eigenvalue weighted by Gasteiger charge is 2.55. The van der Waals surface area contributed by atoms with E-state index in [1.807, 2.05) is 0 Å². The molecule has 4 heteroatoms. The Morgan fingerprint density at radius 3 is 2.26 bits per heavy atom. The van der Waals surface area contributed by atoms with E-state index in [9.17, 15) is 14.7 Å². The molecule has 0 aromatic rings. The molecule has 0 aromatic heterocycles. The lowest BCUT2D eigenvalue weighted by atomic mass is 9.75. The monoisotopic (exact) mass is 322 g/mol. The highest BCUT2D eigenvalue weighted by Crippen LogP contribution is 2.53. The summed E-state index contributed by atoms with van der Waals surface area (Å²) in [5.41, 5.74) is 0. The summed E-state index contributed by atoms with van der Waals surface area (Å²) in [4.78, 5) is 24.4. The molecule has 0 radical (unpaired) electrons. The Bertz CT molecular complexity index is 472. The van der Waals surface area contributed by atoms with Gasteiger partial charge in [0.2, 0.25) is 0 Å². The minimum Gasteiger partial charge on any atom is -0.481 e. The van der Waals surface area contributed by atoms with Crippen LogP contribution >= 0.6 is 0 Å². The highest BCUT2D eigenvalue weighted by molar-refractivity contribution is 5.82. The molecule has 0 unspecified atom stereocenters. The third-order valence-electron chi connectivity index (χ3n) is 6.70. The molecular weight excluding hydrogens is 292 g/mol. The number of rotatable bonds is 4. The minimum atomic E-state index is -0.809. The van der Waals surface area contributed by atoms with E-state index < -0.39 is 17.8 Å². The SMILES string of the molecule is CC(C)[C@@H]1CC[C@@H](C)C[C@H]1OC(=O)[C@H]1[C@H]2CC[C@H](C2)[C@@H]1C(=O)O. The maximum absolute atomic E-state index is 12.8. The number of hydrogen-bond donors (Lipinski definition) is 1. The predicted octanol–water partition coefficient (Wildman–Crippen LogP) is 3.74. The summed E-state index contributed by atoms with van der Waals surface area (Å²) in [6.45, 7) is 6.60. The number of carbonyl (C=O) groups excluding carboxylic acids is 1. The second-order valence-electron chi connectivity index (χ2n) is 8.52. The minimum absolute atomic E-state index is 0.0279. The number of hydrogen-bond acceptors (Lipinski definition) is 3. The Labute approximate surface area is 139 Å². The fourth-order valence-corrected chi connectivity index (χ4v) is 5.46. The second-order valence-corrected chi connectivity index (χ2v) is 8.52. The van der Waals surface area contributed by atoms with Gasteiger partial charge in [-0.05, 0) is 61.7 Å². The highest BCUT2D eigenvalue weighted by atomic mass is 16.5. The van der Waals surface area contributed by atoms with Gasteiger partial charge >= 0.3 is 11.9 Å². The molecular formula is C19H30O4. The van der Waals surface area contributed by atoms with E-state index in [2.05, 4.69) is 20.8 Å². The van der Waals surface area contributed by atoms with Crippen LogP contribution in [0, 0.1) is 41.4 Å². The zero-order valence-corrected chi connectivity index (χ0v) is 14.5. The quantitative estimate of drug-likeness (QED) is 0.801. The van der Waals surface area contributed by atoms with Crippen LogP contribution in [0.1, 0.15) is 59.3 Å². The molecule has 3 aliphatic rings. The van der Waals surface area contributed by atoms with Crippen molar-refractivity contribution in [2.45, 2.75) is 65.4 Å². The van der Waals surface area contributed by atoms with Gasteiger partial charge in [-0.2, -0.15) is 0 Å². The van der Waals surface area contributed by atoms with Crippen molar-refractivity contribution in [1.29, 1.82) is 0 Å². The van der Waals surface area contributed by atoms with Crippen molar-refractivity contribution >= 4 is 11.9 Å². The maximum Gasteiger partial charge on any atom is 0.310 e. The van der Waals surface area contributed by atoms with E-state index in [-0.39, 0.29) is 23.9 Å². The summed E-state index contributed by atoms with van der Waals surface area (Å²) in [6, 6.07) is 0. The van der Waals surface area contributed by atoms with Crippen LogP contribution in [-0.2, 0) is 14.3 Å². The smallest absolute Gasteiger partial charge is 0.310 e. The Hall–Kier alpha value is -1.06. The van der Waals surface area contributed by atoms with Gasteiger partial charge in [0.15, 0.2) is 0 Å². The largest absolute Gasteiger partial charge is 0.481 e. The zero-order chi connectivity index (χ0) is 16.7. The van der Waals surface area contributed by atoms with Crippen molar-refractivity contribution in [1.82, 2.24) is 0 Å². The third kappa shape index (κ3) is 3.14. The Morgan fingerprint density at radius 2 is 1.65 bits per heavy atom. The van der Waals surface area contributed by atoms with Gasteiger partial charge in [-0.3, -0.25) is 9.59 Å². The first-order chi connectivity index (χ1) is 10.9. The average Bonchev–Trinajstić information content (AvgIpc) is 3.07. The molecule has 3 fully saturated rings. The summed E-state index contributed by atoms with van der Waals surface area (Å²) in [7, 11) is 0. The molecule has 4 nitrogen and oxygen atoms in total. The molecule has 1 N–H and O–H groups in total. The van der Waals surface area contributed by atoms with Gasteiger partial charge in [0.05, 0.1) is 11.8 Å². The fourth-order valence-electron chi connectivity index (χ4n) is 5.46. The number of carboxylic acids is 1. The average molecular weight is 322 g/mol. The van der Waals surface area contributed by atoms with Crippen LogP contribution in [0.4, 0.5) is 0 Å². The van der Waals surface area contributed by atoms with Gasteiger partial charge in [-0.1, -0.05) is 27.2 Å². The molecule has 3 rings (SSSR count). The topological polar surface area (TPSA) is 63.6 Å². The molecule has 0 saturated heterocycles. The first kappa shape index (κ1) is 16.8. The molecule has 130 valence electrons. The molecule has 3 aliphatic carbocycles. The van der Waals surface area contributed by atoms with Gasteiger partial charge in [-0.15, -0.1) is 0 Å². The summed E-state index contributed by atoms with van der Waals surface area (Å²) in [5.74, 6) is -0.0546. The summed E-state index contributed by atoms with van der Waals surface area (Å²) in [5, 5.41) is 9.53. The van der Waals surface area contributed by atoms with Crippen LogP contribution in [-0.4, -0.2) is 23.1 Å². The lowest BCUT2D eigenvalue weighted by molar-refractivity contribution is -0.169. The van der Waals surface area contributed by atoms with Gasteiger partial charge < -0.3 is 9.84 Å². The molecule has 0 aromatic carbocycles. The number of carboxylic acid groups (broad SMARTS) is 1. The number of ether oxygens (including phenoxy) is 1. The van der Waals surface area contributed by atoms with Crippen molar-refractivity contribution in [2.75, 3.05) is 0 Å². The number of aliphatic carboxylic acids is 1. The standard InChI is InChI=1S/C19H30O4/c1-10(2)14-7-4-11(3)8-15(14)23-19(22)17-13-6-5-12(9-13)16(17)18(20)21/h10-17H,4-9H2,1-3H3,(H,20,21)/t11-,12-,13+,14+,15-,16+,17+/m1/s1. The van der Waals surface area contributed by atoms with E-state index in [0.717, 1.165) is 32.1 Å². The third-order valence-corrected chi connectivity index (χ3v) is 6.70. The molecule has 0 amide bonds. The fraction of sp³-hybridized carbons (Fsp3) is 0.895. The maximum atomic E-state index is 12.8. The second kappa shape index (κ2) is 6.45. The van der Waals surface area contributed by atoms with Crippen LogP contribution in [0.2, 0.25) is 0 Å². The first-order valence-electron chi connectivity index (χ1n) is 9.31. The van der Waals surface area contributed by atoms with Crippen LogP contribution in [0.5, 0.6) is 0 Å². The number of fused-ring (bicyclic) bond motifs is 2. The molecule has 0 aliphatic heterocycles. The predicted molar refractivity (Wildman–Crippen MR) is 86.7 cm³/mol. The first-order valence-corrected chi connectivity index (χ1v) is 9.31. The van der Waals surface area contributed by atoms with E-state index in [1.165, 1.54) is 6.42 Å². The Morgan fingerprint density at radius 1 is 1.00 bits per heavy atom. The van der Waals surface area contributed by atoms with Crippen molar-refractivity contribution < 1.29 is 19.4 Å². The molecule has 7 atom stereocenters. The van der Waals surface area contributed by atoms with Gasteiger partial charge in [-0.25, -0.2) is 0 Å². The van der Waals surface area contributed by atoms with Gasteiger partial charge in [0, 0.05) is 0 Å². The molecule has 3 saturated carbocycles. The van der Waals surface area contributed by atoms with Crippen LogP contribution < -0.4 is 0 Å². The lowest BCUT2D eigenvalue weighted by Gasteiger charge is -2.38. The van der Waals surface area contributed by atoms with E-state index in [4.69, 9.17) is 4.74 Å². The van der Waals surface area contributed by atoms with E-state index in [0.29, 0.717) is 17.8 Å². The van der Waals surface area contributed by atoms with Crippen LogP contribution in [0.25, 0.3) is 0 Å². The van der Waals surface area contributed by atoms with Crippen molar-refractivity contribution in [3.8, 4) is 0 Å². The normalized spacial score (nSPS) is 42.9. The molecule has 0 heterocycles. The van der Waals surface area contributed by atoms with Crippen molar-refractivity contribution in [3.63, 3.8) is 0 Å². The molecule has 23 heavy (non-hydrogen) atoms. The lowest BCUT2D eigenvalue weighted by Crippen LogP contribution is -2.41. The van der Waals surface area contributed by atoms with Crippen molar-refractivity contribution in [2.24, 2.45) is 41.4 Å². The molecule has 2 bridgehead atoms. The van der Waals surface area contributed by atoms with E-state index in [1.54, 1.807) is 0 Å². The summed E-state index contributed by atoms with van der Waals surface area (Å²) in [6.07, 6.45) is 6.04. The van der Waals surface area contributed by atoms with Crippen LogP contribution in [0.3, 0.4) is 0 Å². The summed E-state index contributed by atoms with van der Waals surface area (Å²) < 4.78 is 5.95. The van der Waals surface area contributed by atoms with E-state index >= 15 is 0 Å². The molecule has 0 spiro atoms.